The van der Waals surface area contributed by atoms with Crippen molar-refractivity contribution in [1.29, 1.82) is 0 Å². The lowest BCUT2D eigenvalue weighted by atomic mass is 9.86. The van der Waals surface area contributed by atoms with Crippen LogP contribution in [0.3, 0.4) is 0 Å². The predicted molar refractivity (Wildman–Crippen MR) is 103 cm³/mol. The van der Waals surface area contributed by atoms with Gasteiger partial charge in [0.2, 0.25) is 0 Å². The number of aromatic nitrogens is 2. The van der Waals surface area contributed by atoms with Crippen LogP contribution in [0.25, 0.3) is 0 Å². The van der Waals surface area contributed by atoms with Gasteiger partial charge in [-0.25, -0.2) is 0 Å². The number of rotatable bonds is 3. The second-order valence-corrected chi connectivity index (χ2v) is 7.97. The molecule has 0 aromatic carbocycles. The molecule has 0 radical (unpaired) electrons. The first-order chi connectivity index (χ1) is 12.1. The SMILES string of the molecule is CC.CC1(C)Cc2c(sc(NC(=O)c3ccn[nH]3)c2C(N)=O)C(C)(C)O1. The molecule has 2 amide bonds. The summed E-state index contributed by atoms with van der Waals surface area (Å²) >= 11 is 1.33. The fraction of sp³-hybridized carbons (Fsp3) is 0.500. The number of thiophene rings is 1. The molecule has 0 spiro atoms. The number of fused-ring (bicyclic) bond motifs is 1. The minimum Gasteiger partial charge on any atom is -0.365 e. The van der Waals surface area contributed by atoms with E-state index in [1.165, 1.54) is 17.5 Å². The Kier molecular flexibility index (Phi) is 5.58. The van der Waals surface area contributed by atoms with Gasteiger partial charge in [-0.2, -0.15) is 5.10 Å². The standard InChI is InChI=1S/C16H20N4O3S.C2H6/c1-15(2)7-8-10(12(17)21)14(24-11(8)16(3,4)23-15)19-13(22)9-5-6-18-20-9;1-2/h5-6H,7H2,1-4H3,(H2,17,21)(H,18,20)(H,19,22);1-2H3. The van der Waals surface area contributed by atoms with Gasteiger partial charge in [0, 0.05) is 17.5 Å². The van der Waals surface area contributed by atoms with Gasteiger partial charge in [-0.1, -0.05) is 13.8 Å². The highest BCUT2D eigenvalue weighted by Crippen LogP contribution is 2.48. The first-order valence-corrected chi connectivity index (χ1v) is 9.39. The van der Waals surface area contributed by atoms with Gasteiger partial charge >= 0.3 is 0 Å². The van der Waals surface area contributed by atoms with E-state index in [1.54, 1.807) is 6.07 Å². The van der Waals surface area contributed by atoms with Crippen LogP contribution >= 0.6 is 11.3 Å². The van der Waals surface area contributed by atoms with Crippen molar-refractivity contribution in [3.63, 3.8) is 0 Å². The van der Waals surface area contributed by atoms with E-state index in [-0.39, 0.29) is 5.91 Å². The molecule has 0 atom stereocenters. The number of aromatic amines is 1. The molecule has 1 aliphatic heterocycles. The number of primary amides is 1. The lowest BCUT2D eigenvalue weighted by Crippen LogP contribution is -2.42. The molecular weight excluding hydrogens is 352 g/mol. The summed E-state index contributed by atoms with van der Waals surface area (Å²) in [5, 5.41) is 9.57. The van der Waals surface area contributed by atoms with Gasteiger partial charge in [0.05, 0.1) is 16.8 Å². The normalized spacial score (nSPS) is 16.8. The van der Waals surface area contributed by atoms with Crippen LogP contribution in [-0.2, 0) is 16.8 Å². The van der Waals surface area contributed by atoms with Crippen LogP contribution in [0.2, 0.25) is 0 Å². The minimum atomic E-state index is -0.567. The molecule has 0 saturated carbocycles. The number of nitrogens with zero attached hydrogens (tertiary/aromatic N) is 1. The molecule has 4 N–H and O–H groups in total. The lowest BCUT2D eigenvalue weighted by Gasteiger charge is -2.41. The van der Waals surface area contributed by atoms with Crippen molar-refractivity contribution in [3.8, 4) is 0 Å². The van der Waals surface area contributed by atoms with Crippen molar-refractivity contribution in [2.24, 2.45) is 5.73 Å². The fourth-order valence-corrected chi connectivity index (χ4v) is 4.48. The summed E-state index contributed by atoms with van der Waals surface area (Å²) in [5.41, 5.74) is 6.16. The van der Waals surface area contributed by atoms with Crippen LogP contribution in [0.4, 0.5) is 5.00 Å². The van der Waals surface area contributed by atoms with E-state index in [1.807, 2.05) is 41.5 Å². The molecule has 8 heteroatoms. The number of amides is 2. The minimum absolute atomic E-state index is 0.313. The van der Waals surface area contributed by atoms with Gasteiger partial charge in [-0.05, 0) is 39.3 Å². The molecule has 26 heavy (non-hydrogen) atoms. The Morgan fingerprint density at radius 2 is 1.96 bits per heavy atom. The van der Waals surface area contributed by atoms with Crippen molar-refractivity contribution in [2.45, 2.75) is 59.2 Å². The summed E-state index contributed by atoms with van der Waals surface area (Å²) in [5.74, 6) is -0.924. The third kappa shape index (κ3) is 3.81. The molecule has 0 saturated heterocycles. The van der Waals surface area contributed by atoms with Gasteiger partial charge < -0.3 is 15.8 Å². The molecule has 0 aliphatic carbocycles. The van der Waals surface area contributed by atoms with Crippen molar-refractivity contribution in [3.05, 3.63) is 34.0 Å². The van der Waals surface area contributed by atoms with E-state index >= 15 is 0 Å². The average molecular weight is 378 g/mol. The maximum Gasteiger partial charge on any atom is 0.274 e. The van der Waals surface area contributed by atoms with E-state index in [2.05, 4.69) is 15.5 Å². The molecule has 0 bridgehead atoms. The van der Waals surface area contributed by atoms with Crippen LogP contribution in [0.5, 0.6) is 0 Å². The highest BCUT2D eigenvalue weighted by atomic mass is 32.1. The molecule has 0 unspecified atom stereocenters. The van der Waals surface area contributed by atoms with Crippen molar-refractivity contribution >= 4 is 28.2 Å². The number of hydrogen-bond acceptors (Lipinski definition) is 5. The topological polar surface area (TPSA) is 110 Å². The Labute approximate surface area is 157 Å². The Balaban J connectivity index is 0.00000117. The zero-order chi connectivity index (χ0) is 19.7. The van der Waals surface area contributed by atoms with Gasteiger partial charge in [-0.3, -0.25) is 14.7 Å². The van der Waals surface area contributed by atoms with Gasteiger partial charge in [0.1, 0.15) is 10.7 Å². The van der Waals surface area contributed by atoms with Crippen LogP contribution < -0.4 is 11.1 Å². The molecule has 7 nitrogen and oxygen atoms in total. The molecule has 2 aromatic rings. The Morgan fingerprint density at radius 1 is 1.31 bits per heavy atom. The van der Waals surface area contributed by atoms with Crippen molar-refractivity contribution in [1.82, 2.24) is 10.2 Å². The van der Waals surface area contributed by atoms with E-state index < -0.39 is 17.1 Å². The number of carbonyl (C=O) groups is 2. The van der Waals surface area contributed by atoms with E-state index in [9.17, 15) is 9.59 Å². The Bertz CT molecular complexity index is 807. The number of carbonyl (C=O) groups excluding carboxylic acids is 2. The van der Waals surface area contributed by atoms with Gasteiger partial charge in [0.15, 0.2) is 0 Å². The smallest absolute Gasteiger partial charge is 0.274 e. The fourth-order valence-electron chi connectivity index (χ4n) is 3.22. The first kappa shape index (κ1) is 20.1. The largest absolute Gasteiger partial charge is 0.365 e. The Hall–Kier alpha value is -2.19. The van der Waals surface area contributed by atoms with Crippen LogP contribution in [0, 0.1) is 0 Å². The van der Waals surface area contributed by atoms with Crippen LogP contribution in [0.15, 0.2) is 12.3 Å². The molecule has 1 aliphatic rings. The Morgan fingerprint density at radius 3 is 2.50 bits per heavy atom. The van der Waals surface area contributed by atoms with Crippen LogP contribution in [0.1, 0.15) is 72.8 Å². The zero-order valence-corrected chi connectivity index (χ0v) is 16.8. The summed E-state index contributed by atoms with van der Waals surface area (Å²) in [6.45, 7) is 11.9. The molecule has 3 heterocycles. The number of hydrogen-bond donors (Lipinski definition) is 3. The third-order valence-electron chi connectivity index (χ3n) is 3.91. The monoisotopic (exact) mass is 378 g/mol. The summed E-state index contributed by atoms with van der Waals surface area (Å²) in [6.07, 6.45) is 2.04. The maximum atomic E-state index is 12.3. The molecule has 0 fully saturated rings. The van der Waals surface area contributed by atoms with Crippen molar-refractivity contribution < 1.29 is 14.3 Å². The molecule has 3 rings (SSSR count). The third-order valence-corrected chi connectivity index (χ3v) is 5.36. The highest BCUT2D eigenvalue weighted by Gasteiger charge is 2.42. The summed E-state index contributed by atoms with van der Waals surface area (Å²) in [7, 11) is 0. The van der Waals surface area contributed by atoms with Gasteiger partial charge in [0.25, 0.3) is 11.8 Å². The highest BCUT2D eigenvalue weighted by molar-refractivity contribution is 7.17. The number of nitrogens with one attached hydrogen (secondary N) is 2. The van der Waals surface area contributed by atoms with Crippen molar-refractivity contribution in [2.75, 3.05) is 5.32 Å². The van der Waals surface area contributed by atoms with E-state index in [4.69, 9.17) is 10.5 Å². The average Bonchev–Trinajstić information content (AvgIpc) is 3.15. The summed E-state index contributed by atoms with van der Waals surface area (Å²) < 4.78 is 6.14. The molecule has 142 valence electrons. The number of ether oxygens (including phenoxy) is 1. The quantitative estimate of drug-likeness (QED) is 0.760. The zero-order valence-electron chi connectivity index (χ0n) is 16.0. The molecular formula is C18H26N4O3S. The number of anilines is 1. The first-order valence-electron chi connectivity index (χ1n) is 8.57. The number of nitrogens with two attached hydrogens (primary N) is 1. The maximum absolute atomic E-state index is 12.3. The van der Waals surface area contributed by atoms with E-state index in [0.29, 0.717) is 22.7 Å². The molecule has 2 aromatic heterocycles. The predicted octanol–water partition coefficient (Wildman–Crippen LogP) is 3.44. The van der Waals surface area contributed by atoms with Crippen LogP contribution in [-0.4, -0.2) is 27.6 Å². The lowest BCUT2D eigenvalue weighted by molar-refractivity contribution is -0.135. The second kappa shape index (κ2) is 7.20. The second-order valence-electron chi connectivity index (χ2n) is 6.95. The van der Waals surface area contributed by atoms with Gasteiger partial charge in [-0.15, -0.1) is 11.3 Å². The number of H-pyrrole nitrogens is 1. The summed E-state index contributed by atoms with van der Waals surface area (Å²) in [6, 6.07) is 1.56. The summed E-state index contributed by atoms with van der Waals surface area (Å²) in [4.78, 5) is 25.3. The van der Waals surface area contributed by atoms with E-state index in [0.717, 1.165) is 10.4 Å².